The van der Waals surface area contributed by atoms with Crippen LogP contribution in [0.4, 0.5) is 0 Å². The lowest BCUT2D eigenvalue weighted by Crippen LogP contribution is -2.32. The first-order chi connectivity index (χ1) is 4.56. The van der Waals surface area contributed by atoms with Crippen molar-refractivity contribution < 1.29 is 4.74 Å². The molecule has 0 amide bonds. The lowest BCUT2D eigenvalue weighted by atomic mass is 9.90. The molecule has 0 saturated heterocycles. The van der Waals surface area contributed by atoms with E-state index in [0.717, 1.165) is 6.42 Å². The van der Waals surface area contributed by atoms with Crippen molar-refractivity contribution in [2.45, 2.75) is 39.7 Å². The molecule has 0 fully saturated rings. The first kappa shape index (κ1) is 9.54. The van der Waals surface area contributed by atoms with Crippen molar-refractivity contribution in [3.05, 3.63) is 12.8 Å². The molecular formula is C9H18O. The molecule has 1 heteroatoms. The van der Waals surface area contributed by atoms with Crippen LogP contribution in [-0.4, -0.2) is 5.60 Å². The Balaban J connectivity index is 4.07. The molecule has 1 atom stereocenters. The zero-order valence-corrected chi connectivity index (χ0v) is 7.48. The van der Waals surface area contributed by atoms with Gasteiger partial charge in [0.2, 0.25) is 0 Å². The van der Waals surface area contributed by atoms with Gasteiger partial charge in [-0.25, -0.2) is 0 Å². The Morgan fingerprint density at radius 1 is 1.60 bits per heavy atom. The van der Waals surface area contributed by atoms with Crippen LogP contribution in [0.2, 0.25) is 0 Å². The Morgan fingerprint density at radius 2 is 2.10 bits per heavy atom. The maximum absolute atomic E-state index is 5.40. The molecule has 0 spiro atoms. The quantitative estimate of drug-likeness (QED) is 0.548. The molecule has 0 bridgehead atoms. The molecule has 0 aliphatic heterocycles. The number of ether oxygens (including phenoxy) is 1. The molecule has 0 aliphatic rings. The van der Waals surface area contributed by atoms with Crippen LogP contribution in [0.15, 0.2) is 12.8 Å². The van der Waals surface area contributed by atoms with Crippen LogP contribution in [-0.2, 0) is 4.74 Å². The smallest absolute Gasteiger partial charge is 0.107 e. The molecule has 1 unspecified atom stereocenters. The van der Waals surface area contributed by atoms with Crippen molar-refractivity contribution in [2.24, 2.45) is 5.92 Å². The molecule has 0 aromatic heterocycles. The molecule has 0 aromatic rings. The Labute approximate surface area is 64.1 Å². The van der Waals surface area contributed by atoms with Crippen molar-refractivity contribution in [3.8, 4) is 0 Å². The summed E-state index contributed by atoms with van der Waals surface area (Å²) in [5, 5.41) is 0. The standard InChI is InChI=1S/C9H18O/c1-6-9(5,8(3)4)10-7-2/h7-8H,2,6H2,1,3-5H3. The van der Waals surface area contributed by atoms with Gasteiger partial charge in [-0.1, -0.05) is 27.4 Å². The predicted octanol–water partition coefficient (Wildman–Crippen LogP) is 2.97. The highest BCUT2D eigenvalue weighted by Gasteiger charge is 2.26. The molecule has 60 valence electrons. The third-order valence-electron chi connectivity index (χ3n) is 2.28. The average molecular weight is 142 g/mol. The van der Waals surface area contributed by atoms with E-state index in [0.29, 0.717) is 5.92 Å². The Morgan fingerprint density at radius 3 is 2.20 bits per heavy atom. The van der Waals surface area contributed by atoms with Gasteiger partial charge in [-0.05, 0) is 19.3 Å². The minimum atomic E-state index is -0.0260. The van der Waals surface area contributed by atoms with Crippen molar-refractivity contribution in [1.29, 1.82) is 0 Å². The fraction of sp³-hybridized carbons (Fsp3) is 0.778. The molecular weight excluding hydrogens is 124 g/mol. The Hall–Kier alpha value is -0.460. The minimum Gasteiger partial charge on any atom is -0.496 e. The molecule has 10 heavy (non-hydrogen) atoms. The SMILES string of the molecule is C=COC(C)(CC)C(C)C. The summed E-state index contributed by atoms with van der Waals surface area (Å²) in [5.41, 5.74) is -0.0260. The Bertz CT molecular complexity index is 107. The third kappa shape index (κ3) is 2.05. The Kier molecular flexibility index (Phi) is 3.48. The maximum atomic E-state index is 5.40. The number of hydrogen-bond acceptors (Lipinski definition) is 1. The largest absolute Gasteiger partial charge is 0.496 e. The van der Waals surface area contributed by atoms with E-state index in [4.69, 9.17) is 4.74 Å². The average Bonchev–Trinajstić information content (AvgIpc) is 1.88. The van der Waals surface area contributed by atoms with Crippen molar-refractivity contribution >= 4 is 0 Å². The lowest BCUT2D eigenvalue weighted by molar-refractivity contribution is -0.00554. The fourth-order valence-corrected chi connectivity index (χ4v) is 0.818. The fourth-order valence-electron chi connectivity index (χ4n) is 0.818. The van der Waals surface area contributed by atoms with E-state index in [1.165, 1.54) is 6.26 Å². The van der Waals surface area contributed by atoms with Crippen LogP contribution in [0.5, 0.6) is 0 Å². The van der Waals surface area contributed by atoms with Crippen LogP contribution in [0.3, 0.4) is 0 Å². The minimum absolute atomic E-state index is 0.0260. The van der Waals surface area contributed by atoms with Crippen LogP contribution in [0, 0.1) is 5.92 Å². The van der Waals surface area contributed by atoms with Gasteiger partial charge in [0, 0.05) is 0 Å². The van der Waals surface area contributed by atoms with Crippen LogP contribution < -0.4 is 0 Å². The van der Waals surface area contributed by atoms with E-state index in [1.54, 1.807) is 0 Å². The summed E-state index contributed by atoms with van der Waals surface area (Å²) in [7, 11) is 0. The third-order valence-corrected chi connectivity index (χ3v) is 2.28. The second-order valence-electron chi connectivity index (χ2n) is 3.11. The summed E-state index contributed by atoms with van der Waals surface area (Å²) in [4.78, 5) is 0. The van der Waals surface area contributed by atoms with Gasteiger partial charge in [-0.2, -0.15) is 0 Å². The van der Waals surface area contributed by atoms with Crippen molar-refractivity contribution in [1.82, 2.24) is 0 Å². The van der Waals surface area contributed by atoms with E-state index >= 15 is 0 Å². The van der Waals surface area contributed by atoms with E-state index in [2.05, 4.69) is 34.3 Å². The van der Waals surface area contributed by atoms with E-state index in [9.17, 15) is 0 Å². The summed E-state index contributed by atoms with van der Waals surface area (Å²) in [5.74, 6) is 0.537. The van der Waals surface area contributed by atoms with Gasteiger partial charge in [0.1, 0.15) is 5.60 Å². The van der Waals surface area contributed by atoms with E-state index in [1.807, 2.05) is 0 Å². The molecule has 0 saturated carbocycles. The van der Waals surface area contributed by atoms with Gasteiger partial charge in [-0.3, -0.25) is 0 Å². The molecule has 0 heterocycles. The van der Waals surface area contributed by atoms with Gasteiger partial charge in [0.05, 0.1) is 6.26 Å². The van der Waals surface area contributed by atoms with Crippen LogP contribution >= 0.6 is 0 Å². The molecule has 0 rings (SSSR count). The second-order valence-corrected chi connectivity index (χ2v) is 3.11. The maximum Gasteiger partial charge on any atom is 0.107 e. The van der Waals surface area contributed by atoms with E-state index in [-0.39, 0.29) is 5.60 Å². The molecule has 1 nitrogen and oxygen atoms in total. The monoisotopic (exact) mass is 142 g/mol. The van der Waals surface area contributed by atoms with Gasteiger partial charge in [0.15, 0.2) is 0 Å². The van der Waals surface area contributed by atoms with Gasteiger partial charge < -0.3 is 4.74 Å². The summed E-state index contributed by atoms with van der Waals surface area (Å²) >= 11 is 0. The van der Waals surface area contributed by atoms with Gasteiger partial charge >= 0.3 is 0 Å². The second kappa shape index (κ2) is 3.65. The first-order valence-corrected chi connectivity index (χ1v) is 3.85. The normalized spacial score (nSPS) is 16.5. The predicted molar refractivity (Wildman–Crippen MR) is 44.8 cm³/mol. The molecule has 0 aromatic carbocycles. The van der Waals surface area contributed by atoms with E-state index < -0.39 is 0 Å². The van der Waals surface area contributed by atoms with Crippen molar-refractivity contribution in [3.63, 3.8) is 0 Å². The van der Waals surface area contributed by atoms with Crippen molar-refractivity contribution in [2.75, 3.05) is 0 Å². The van der Waals surface area contributed by atoms with Crippen LogP contribution in [0.25, 0.3) is 0 Å². The highest BCUT2D eigenvalue weighted by atomic mass is 16.5. The topological polar surface area (TPSA) is 9.23 Å². The van der Waals surface area contributed by atoms with Crippen LogP contribution in [0.1, 0.15) is 34.1 Å². The summed E-state index contributed by atoms with van der Waals surface area (Å²) in [6, 6.07) is 0. The molecule has 0 aliphatic carbocycles. The zero-order chi connectivity index (χ0) is 8.20. The summed E-state index contributed by atoms with van der Waals surface area (Å²) in [6.07, 6.45) is 2.56. The van der Waals surface area contributed by atoms with Gasteiger partial charge in [-0.15, -0.1) is 0 Å². The highest BCUT2D eigenvalue weighted by molar-refractivity contribution is 4.79. The van der Waals surface area contributed by atoms with Gasteiger partial charge in [0.25, 0.3) is 0 Å². The highest BCUT2D eigenvalue weighted by Crippen LogP contribution is 2.24. The number of hydrogen-bond donors (Lipinski definition) is 0. The lowest BCUT2D eigenvalue weighted by Gasteiger charge is -2.31. The summed E-state index contributed by atoms with van der Waals surface area (Å²) < 4.78 is 5.40. The zero-order valence-electron chi connectivity index (χ0n) is 7.48. The summed E-state index contributed by atoms with van der Waals surface area (Å²) in [6.45, 7) is 12.1. The number of rotatable bonds is 4. The molecule has 0 N–H and O–H groups in total. The molecule has 0 radical (unpaired) electrons. The first-order valence-electron chi connectivity index (χ1n) is 3.85.